The molecule has 4 nitrogen and oxygen atoms in total. The molecule has 3 rings (SSSR count). The number of ether oxygens (including phenoxy) is 1. The van der Waals surface area contributed by atoms with Crippen LogP contribution in [0.1, 0.15) is 89.3 Å². The molecule has 1 saturated carbocycles. The predicted molar refractivity (Wildman–Crippen MR) is 147 cm³/mol. The van der Waals surface area contributed by atoms with Crippen LogP contribution < -0.4 is 4.74 Å². The van der Waals surface area contributed by atoms with Crippen molar-refractivity contribution in [3.8, 4) is 17.2 Å². The highest BCUT2D eigenvalue weighted by atomic mass is 16.5. The highest BCUT2D eigenvalue weighted by Gasteiger charge is 2.30. The van der Waals surface area contributed by atoms with E-state index in [0.717, 1.165) is 54.7 Å². The van der Waals surface area contributed by atoms with Gasteiger partial charge in [0.15, 0.2) is 11.5 Å². The van der Waals surface area contributed by atoms with Crippen LogP contribution in [0.5, 0.6) is 17.2 Å². The number of phenols is 2. The first kappa shape index (κ1) is 30.3. The normalized spacial score (nSPS) is 13.9. The van der Waals surface area contributed by atoms with Gasteiger partial charge in [0.05, 0.1) is 7.11 Å². The zero-order chi connectivity index (χ0) is 26.6. The molecule has 0 unspecified atom stereocenters. The number of aromatic hydroxyl groups is 2. The fourth-order valence-corrected chi connectivity index (χ4v) is 4.17. The van der Waals surface area contributed by atoms with E-state index in [4.69, 9.17) is 4.74 Å². The Labute approximate surface area is 213 Å². The summed E-state index contributed by atoms with van der Waals surface area (Å²) in [5, 5.41) is 18.7. The SMILES string of the molecule is C=CCc1ccc(O)c(OC)c1.CCC(C)(C)C1CCC(=O)CC1.Cc1ccc(C(C)C)c(O)c1. The highest BCUT2D eigenvalue weighted by molar-refractivity contribution is 5.79. The summed E-state index contributed by atoms with van der Waals surface area (Å²) in [6.07, 6.45) is 7.73. The molecule has 0 spiro atoms. The number of allylic oxidation sites excluding steroid dienone is 1. The average molecular weight is 483 g/mol. The summed E-state index contributed by atoms with van der Waals surface area (Å²) < 4.78 is 4.95. The first-order valence-corrected chi connectivity index (χ1v) is 12.7. The molecule has 194 valence electrons. The van der Waals surface area contributed by atoms with Crippen LogP contribution in [-0.4, -0.2) is 23.1 Å². The largest absolute Gasteiger partial charge is 0.508 e. The van der Waals surface area contributed by atoms with Crippen LogP contribution in [0.3, 0.4) is 0 Å². The van der Waals surface area contributed by atoms with Gasteiger partial charge in [-0.15, -0.1) is 6.58 Å². The third kappa shape index (κ3) is 10.2. The molecule has 0 saturated heterocycles. The van der Waals surface area contributed by atoms with E-state index in [-0.39, 0.29) is 5.75 Å². The molecule has 0 heterocycles. The topological polar surface area (TPSA) is 66.8 Å². The second kappa shape index (κ2) is 14.6. The summed E-state index contributed by atoms with van der Waals surface area (Å²) in [6.45, 7) is 16.7. The van der Waals surface area contributed by atoms with Crippen LogP contribution in [0, 0.1) is 18.3 Å². The highest BCUT2D eigenvalue weighted by Crippen LogP contribution is 2.39. The van der Waals surface area contributed by atoms with Gasteiger partial charge >= 0.3 is 0 Å². The summed E-state index contributed by atoms with van der Waals surface area (Å²) in [6, 6.07) is 11.1. The second-order valence-corrected chi connectivity index (χ2v) is 10.4. The van der Waals surface area contributed by atoms with Crippen molar-refractivity contribution in [1.29, 1.82) is 0 Å². The Kier molecular flexibility index (Phi) is 12.6. The van der Waals surface area contributed by atoms with E-state index < -0.39 is 0 Å². The summed E-state index contributed by atoms with van der Waals surface area (Å²) in [5.41, 5.74) is 3.66. The van der Waals surface area contributed by atoms with E-state index in [1.54, 1.807) is 18.2 Å². The van der Waals surface area contributed by atoms with Crippen LogP contribution in [0.15, 0.2) is 49.1 Å². The summed E-state index contributed by atoms with van der Waals surface area (Å²) in [7, 11) is 1.53. The molecule has 0 aliphatic heterocycles. The van der Waals surface area contributed by atoms with Crippen molar-refractivity contribution < 1.29 is 19.7 Å². The maximum Gasteiger partial charge on any atom is 0.160 e. The molecular weight excluding hydrogens is 436 g/mol. The van der Waals surface area contributed by atoms with Crippen molar-refractivity contribution in [3.63, 3.8) is 0 Å². The van der Waals surface area contributed by atoms with Crippen LogP contribution >= 0.6 is 0 Å². The standard InChI is InChI=1S/C11H20O.C10H12O2.C10H14O/c1-4-11(2,3)9-5-7-10(12)8-6-9;1-3-4-8-5-6-9(11)10(7-8)12-2;1-7(2)9-5-4-8(3)6-10(9)11/h9H,4-8H2,1-3H3;3,5-7,11H,1,4H2,2H3;4-7,11H,1-3H3. The van der Waals surface area contributed by atoms with E-state index in [2.05, 4.69) is 41.2 Å². The van der Waals surface area contributed by atoms with Crippen molar-refractivity contribution in [2.45, 2.75) is 86.0 Å². The molecule has 0 atom stereocenters. The first-order valence-electron chi connectivity index (χ1n) is 12.7. The average Bonchev–Trinajstić information content (AvgIpc) is 2.81. The lowest BCUT2D eigenvalue weighted by Gasteiger charge is -2.35. The Bertz CT molecular complexity index is 933. The fraction of sp³-hybridized carbons (Fsp3) is 0.516. The second-order valence-electron chi connectivity index (χ2n) is 10.4. The first-order chi connectivity index (χ1) is 16.4. The molecule has 35 heavy (non-hydrogen) atoms. The Morgan fingerprint density at radius 3 is 2.20 bits per heavy atom. The molecule has 2 aromatic rings. The van der Waals surface area contributed by atoms with E-state index >= 15 is 0 Å². The van der Waals surface area contributed by atoms with Crippen molar-refractivity contribution in [2.75, 3.05) is 7.11 Å². The van der Waals surface area contributed by atoms with Gasteiger partial charge in [-0.1, -0.05) is 65.3 Å². The van der Waals surface area contributed by atoms with Gasteiger partial charge in [-0.2, -0.15) is 0 Å². The molecule has 2 aromatic carbocycles. The molecule has 0 amide bonds. The predicted octanol–water partition coefficient (Wildman–Crippen LogP) is 8.14. The molecule has 0 bridgehead atoms. The van der Waals surface area contributed by atoms with Crippen molar-refractivity contribution >= 4 is 5.78 Å². The van der Waals surface area contributed by atoms with Gasteiger partial charge in [-0.3, -0.25) is 4.79 Å². The lowest BCUT2D eigenvalue weighted by atomic mass is 9.69. The number of methoxy groups -OCH3 is 1. The molecule has 1 aliphatic carbocycles. The van der Waals surface area contributed by atoms with Gasteiger partial charge in [-0.25, -0.2) is 0 Å². The fourth-order valence-electron chi connectivity index (χ4n) is 4.17. The number of ketones is 1. The van der Waals surface area contributed by atoms with Gasteiger partial charge in [0, 0.05) is 12.8 Å². The van der Waals surface area contributed by atoms with E-state index in [9.17, 15) is 15.0 Å². The summed E-state index contributed by atoms with van der Waals surface area (Å²) >= 11 is 0. The minimum atomic E-state index is 0.172. The summed E-state index contributed by atoms with van der Waals surface area (Å²) in [4.78, 5) is 11.0. The van der Waals surface area contributed by atoms with E-state index in [1.165, 1.54) is 13.5 Å². The molecule has 0 aromatic heterocycles. The third-order valence-corrected chi connectivity index (χ3v) is 6.99. The monoisotopic (exact) mass is 482 g/mol. The molecule has 1 aliphatic rings. The quantitative estimate of drug-likeness (QED) is 0.408. The number of aryl methyl sites for hydroxylation is 1. The minimum absolute atomic E-state index is 0.172. The molecule has 4 heteroatoms. The summed E-state index contributed by atoms with van der Waals surface area (Å²) in [5.74, 6) is 2.74. The van der Waals surface area contributed by atoms with Crippen LogP contribution in [0.4, 0.5) is 0 Å². The maximum atomic E-state index is 11.0. The van der Waals surface area contributed by atoms with Crippen LogP contribution in [0.25, 0.3) is 0 Å². The number of hydrogen-bond donors (Lipinski definition) is 2. The van der Waals surface area contributed by atoms with Crippen molar-refractivity contribution in [1.82, 2.24) is 0 Å². The molecule has 2 N–H and O–H groups in total. The zero-order valence-corrected chi connectivity index (χ0v) is 22.9. The number of rotatable bonds is 6. The van der Waals surface area contributed by atoms with Crippen molar-refractivity contribution in [3.05, 3.63) is 65.7 Å². The van der Waals surface area contributed by atoms with Crippen molar-refractivity contribution in [2.24, 2.45) is 11.3 Å². The lowest BCUT2D eigenvalue weighted by Crippen LogP contribution is -2.27. The Morgan fingerprint density at radius 2 is 1.71 bits per heavy atom. The van der Waals surface area contributed by atoms with Gasteiger partial charge < -0.3 is 14.9 Å². The van der Waals surface area contributed by atoms with Gasteiger partial charge in [0.2, 0.25) is 0 Å². The minimum Gasteiger partial charge on any atom is -0.508 e. The Balaban J connectivity index is 0.000000263. The number of Topliss-reactive ketones (excluding diaryl/α,β-unsaturated/α-hetero) is 1. The number of carbonyl (C=O) groups excluding carboxylic acids is 1. The number of phenolic OH excluding ortho intramolecular Hbond substituents is 2. The van der Waals surface area contributed by atoms with E-state index in [1.807, 2.05) is 31.2 Å². The van der Waals surface area contributed by atoms with E-state index in [0.29, 0.717) is 28.6 Å². The number of carbonyl (C=O) groups is 1. The maximum absolute atomic E-state index is 11.0. The third-order valence-electron chi connectivity index (χ3n) is 6.99. The smallest absolute Gasteiger partial charge is 0.160 e. The zero-order valence-electron chi connectivity index (χ0n) is 22.9. The number of benzene rings is 2. The molecule has 0 radical (unpaired) electrons. The van der Waals surface area contributed by atoms with Gasteiger partial charge in [0.1, 0.15) is 11.5 Å². The molecule has 1 fully saturated rings. The Morgan fingerprint density at radius 1 is 1.09 bits per heavy atom. The van der Waals surface area contributed by atoms with Gasteiger partial charge in [0.25, 0.3) is 0 Å². The lowest BCUT2D eigenvalue weighted by molar-refractivity contribution is -0.121. The number of hydrogen-bond acceptors (Lipinski definition) is 4. The van der Waals surface area contributed by atoms with Crippen LogP contribution in [-0.2, 0) is 11.2 Å². The Hall–Kier alpha value is -2.75. The van der Waals surface area contributed by atoms with Crippen LogP contribution in [0.2, 0.25) is 0 Å². The van der Waals surface area contributed by atoms with Gasteiger partial charge in [-0.05, 0) is 78.3 Å². The molecular formula is C31H46O4.